The molecule has 1 aliphatic rings. The average Bonchev–Trinajstić information content (AvgIpc) is 3.25. The minimum atomic E-state index is -3.98. The summed E-state index contributed by atoms with van der Waals surface area (Å²) >= 11 is 6.13. The van der Waals surface area contributed by atoms with Crippen LogP contribution >= 0.6 is 11.6 Å². The van der Waals surface area contributed by atoms with E-state index in [-0.39, 0.29) is 17.5 Å². The highest BCUT2D eigenvalue weighted by Gasteiger charge is 2.28. The highest BCUT2D eigenvalue weighted by atomic mass is 35.5. The number of nitrogens with zero attached hydrogens (tertiary/aromatic N) is 1. The Morgan fingerprint density at radius 1 is 1.03 bits per heavy atom. The number of nitrogens with one attached hydrogen (secondary N) is 1. The number of hydrogen-bond donors (Lipinski definition) is 1. The second kappa shape index (κ2) is 9.57. The monoisotopic (exact) mass is 482 g/mol. The molecule has 0 heterocycles. The molecule has 0 spiro atoms. The Kier molecular flexibility index (Phi) is 6.77. The van der Waals surface area contributed by atoms with Crippen LogP contribution in [-0.2, 0) is 27.7 Å². The molecule has 1 N–H and O–H groups in total. The van der Waals surface area contributed by atoms with Gasteiger partial charge in [0.1, 0.15) is 6.54 Å². The van der Waals surface area contributed by atoms with E-state index in [0.717, 1.165) is 34.7 Å². The summed E-state index contributed by atoms with van der Waals surface area (Å²) in [5.41, 5.74) is 5.00. The molecule has 7 heteroatoms. The molecular weight excluding hydrogens is 456 g/mol. The average molecular weight is 483 g/mol. The number of carbonyl (C=O) groups excluding carboxylic acids is 1. The molecule has 1 atom stereocenters. The van der Waals surface area contributed by atoms with Gasteiger partial charge in [-0.25, -0.2) is 8.42 Å². The van der Waals surface area contributed by atoms with Crippen molar-refractivity contribution < 1.29 is 13.2 Å². The van der Waals surface area contributed by atoms with Gasteiger partial charge in [-0.15, -0.1) is 0 Å². The molecule has 0 aliphatic heterocycles. The lowest BCUT2D eigenvalue weighted by molar-refractivity contribution is -0.120. The number of anilines is 1. The molecule has 1 aliphatic carbocycles. The fourth-order valence-electron chi connectivity index (χ4n) is 4.15. The lowest BCUT2D eigenvalue weighted by Gasteiger charge is -2.25. The van der Waals surface area contributed by atoms with Crippen molar-refractivity contribution >= 4 is 33.2 Å². The predicted molar refractivity (Wildman–Crippen MR) is 132 cm³/mol. The number of sulfonamides is 1. The molecule has 172 valence electrons. The van der Waals surface area contributed by atoms with E-state index >= 15 is 0 Å². The Hall–Kier alpha value is -2.83. The first-order valence-electron chi connectivity index (χ1n) is 11.0. The van der Waals surface area contributed by atoms with Crippen molar-refractivity contribution in [2.24, 2.45) is 0 Å². The Labute approximate surface area is 200 Å². The Bertz CT molecular complexity index is 1270. The molecule has 4 rings (SSSR count). The smallest absolute Gasteiger partial charge is 0.264 e. The highest BCUT2D eigenvalue weighted by Crippen LogP contribution is 2.27. The van der Waals surface area contributed by atoms with Crippen LogP contribution in [0.25, 0.3) is 0 Å². The van der Waals surface area contributed by atoms with Gasteiger partial charge >= 0.3 is 0 Å². The summed E-state index contributed by atoms with van der Waals surface area (Å²) in [6.45, 7) is 3.44. The van der Waals surface area contributed by atoms with Crippen molar-refractivity contribution in [2.75, 3.05) is 10.8 Å². The van der Waals surface area contributed by atoms with Gasteiger partial charge in [0.2, 0.25) is 5.91 Å². The van der Waals surface area contributed by atoms with Gasteiger partial charge < -0.3 is 5.32 Å². The zero-order chi connectivity index (χ0) is 23.6. The number of hydrogen-bond acceptors (Lipinski definition) is 3. The maximum Gasteiger partial charge on any atom is 0.264 e. The first-order chi connectivity index (χ1) is 15.7. The normalized spacial score (nSPS) is 13.9. The maximum atomic E-state index is 13.5. The van der Waals surface area contributed by atoms with Crippen LogP contribution < -0.4 is 9.62 Å². The van der Waals surface area contributed by atoms with Crippen LogP contribution in [-0.4, -0.2) is 20.9 Å². The van der Waals surface area contributed by atoms with Crippen molar-refractivity contribution in [3.63, 3.8) is 0 Å². The number of aryl methyl sites for hydroxylation is 3. The van der Waals surface area contributed by atoms with Crippen LogP contribution in [0.3, 0.4) is 0 Å². The fraction of sp³-hybridized carbons (Fsp3) is 0.269. The minimum Gasteiger partial charge on any atom is -0.348 e. The van der Waals surface area contributed by atoms with Gasteiger partial charge in [-0.2, -0.15) is 0 Å². The summed E-state index contributed by atoms with van der Waals surface area (Å²) in [5.74, 6) is -0.390. The van der Waals surface area contributed by atoms with E-state index in [1.54, 1.807) is 48.5 Å². The first kappa shape index (κ1) is 23.3. The molecule has 0 saturated heterocycles. The van der Waals surface area contributed by atoms with Crippen LogP contribution in [0.15, 0.2) is 71.6 Å². The van der Waals surface area contributed by atoms with Gasteiger partial charge in [0, 0.05) is 5.02 Å². The van der Waals surface area contributed by atoms with Crippen molar-refractivity contribution in [1.82, 2.24) is 5.32 Å². The molecule has 1 unspecified atom stereocenters. The highest BCUT2D eigenvalue weighted by molar-refractivity contribution is 7.92. The van der Waals surface area contributed by atoms with Gasteiger partial charge in [0.05, 0.1) is 16.6 Å². The van der Waals surface area contributed by atoms with Crippen LogP contribution in [0.5, 0.6) is 0 Å². The quantitative estimate of drug-likeness (QED) is 0.502. The maximum absolute atomic E-state index is 13.5. The molecule has 0 fully saturated rings. The molecule has 0 aromatic heterocycles. The summed E-state index contributed by atoms with van der Waals surface area (Å²) in [5, 5.41) is 3.35. The van der Waals surface area contributed by atoms with E-state index in [4.69, 9.17) is 11.6 Å². The number of carbonyl (C=O) groups is 1. The predicted octanol–water partition coefficient (Wildman–Crippen LogP) is 5.21. The van der Waals surface area contributed by atoms with Gasteiger partial charge in [-0.05, 0) is 80.1 Å². The molecule has 5 nitrogen and oxygen atoms in total. The van der Waals surface area contributed by atoms with E-state index in [0.29, 0.717) is 10.7 Å². The molecule has 0 bridgehead atoms. The Morgan fingerprint density at radius 2 is 1.76 bits per heavy atom. The van der Waals surface area contributed by atoms with Gasteiger partial charge in [0.25, 0.3) is 10.0 Å². The van der Waals surface area contributed by atoms with E-state index in [1.807, 2.05) is 19.9 Å². The van der Waals surface area contributed by atoms with E-state index in [1.165, 1.54) is 11.1 Å². The van der Waals surface area contributed by atoms with E-state index < -0.39 is 15.9 Å². The van der Waals surface area contributed by atoms with Gasteiger partial charge in [-0.3, -0.25) is 9.10 Å². The van der Waals surface area contributed by atoms with Crippen molar-refractivity contribution in [3.05, 3.63) is 94.0 Å². The summed E-state index contributed by atoms with van der Waals surface area (Å²) in [6.07, 6.45) is 3.31. The van der Waals surface area contributed by atoms with Crippen LogP contribution in [0.2, 0.25) is 5.02 Å². The minimum absolute atomic E-state index is 0.118. The largest absolute Gasteiger partial charge is 0.348 e. The van der Waals surface area contributed by atoms with Crippen LogP contribution in [0.4, 0.5) is 5.69 Å². The topological polar surface area (TPSA) is 66.5 Å². The number of amides is 1. The third-order valence-corrected chi connectivity index (χ3v) is 8.02. The lowest BCUT2D eigenvalue weighted by Crippen LogP contribution is -2.41. The summed E-state index contributed by atoms with van der Waals surface area (Å²) in [4.78, 5) is 13.1. The Balaban J connectivity index is 1.58. The zero-order valence-corrected chi connectivity index (χ0v) is 20.3. The third kappa shape index (κ3) is 5.23. The first-order valence-corrected chi connectivity index (χ1v) is 12.8. The summed E-state index contributed by atoms with van der Waals surface area (Å²) < 4.78 is 28.1. The molecule has 1 amide bonds. The van der Waals surface area contributed by atoms with Gasteiger partial charge in [-0.1, -0.05) is 53.6 Å². The van der Waals surface area contributed by atoms with Crippen LogP contribution in [0.1, 0.15) is 41.6 Å². The zero-order valence-electron chi connectivity index (χ0n) is 18.7. The molecule has 3 aromatic carbocycles. The lowest BCUT2D eigenvalue weighted by atomic mass is 10.0. The fourth-order valence-corrected chi connectivity index (χ4v) is 5.74. The SMILES string of the molecule is Cc1ccc(S(=O)(=O)N(CC(=O)NC(C)c2ccc3c(c2)CCC3)c2cccc(Cl)c2)cc1. The summed E-state index contributed by atoms with van der Waals surface area (Å²) in [7, 11) is -3.98. The Morgan fingerprint density at radius 3 is 2.48 bits per heavy atom. The second-order valence-electron chi connectivity index (χ2n) is 8.48. The van der Waals surface area contributed by atoms with Crippen molar-refractivity contribution in [3.8, 4) is 0 Å². The number of fused-ring (bicyclic) bond motifs is 1. The molecule has 33 heavy (non-hydrogen) atoms. The van der Waals surface area contributed by atoms with Crippen LogP contribution in [0, 0.1) is 6.92 Å². The standard InChI is InChI=1S/C26H27ClN2O3S/c1-18-9-13-25(14-10-18)33(31,32)29(24-8-4-7-23(27)16-24)17-26(30)28-19(2)21-12-11-20-5-3-6-22(20)15-21/h4,7-16,19H,3,5-6,17H2,1-2H3,(H,28,30). The number of rotatable bonds is 7. The number of benzene rings is 3. The van der Waals surface area contributed by atoms with E-state index in [9.17, 15) is 13.2 Å². The molecule has 0 radical (unpaired) electrons. The third-order valence-electron chi connectivity index (χ3n) is 5.99. The second-order valence-corrected chi connectivity index (χ2v) is 10.8. The van der Waals surface area contributed by atoms with Crippen molar-refractivity contribution in [1.29, 1.82) is 0 Å². The summed E-state index contributed by atoms with van der Waals surface area (Å²) in [6, 6.07) is 19.1. The molecule has 0 saturated carbocycles. The molecular formula is C26H27ClN2O3S. The molecule has 3 aromatic rings. The van der Waals surface area contributed by atoms with E-state index in [2.05, 4.69) is 17.4 Å². The van der Waals surface area contributed by atoms with Crippen molar-refractivity contribution in [2.45, 2.75) is 44.0 Å². The number of halogens is 1. The van der Waals surface area contributed by atoms with Gasteiger partial charge in [0.15, 0.2) is 0 Å².